The van der Waals surface area contributed by atoms with Crippen molar-refractivity contribution in [1.29, 1.82) is 0 Å². The Balaban J connectivity index is 1.42. The summed E-state index contributed by atoms with van der Waals surface area (Å²) in [6, 6.07) is 14.5. The van der Waals surface area contributed by atoms with E-state index in [4.69, 9.17) is 0 Å². The van der Waals surface area contributed by atoms with E-state index in [0.717, 1.165) is 25.9 Å². The fraction of sp³-hybridized carbons (Fsp3) is 0.381. The summed E-state index contributed by atoms with van der Waals surface area (Å²) in [5, 5.41) is 2.85. The van der Waals surface area contributed by atoms with Gasteiger partial charge in [0.1, 0.15) is 5.82 Å². The molecule has 1 heterocycles. The molecule has 0 bridgehead atoms. The maximum Gasteiger partial charge on any atom is 0.251 e. The van der Waals surface area contributed by atoms with Crippen LogP contribution in [-0.4, -0.2) is 25.5 Å². The molecule has 3 rings (SSSR count). The number of benzene rings is 2. The molecule has 1 saturated heterocycles. The molecule has 0 aromatic heterocycles. The van der Waals surface area contributed by atoms with E-state index < -0.39 is 0 Å². The van der Waals surface area contributed by atoms with Gasteiger partial charge in [0.2, 0.25) is 0 Å². The van der Waals surface area contributed by atoms with Gasteiger partial charge in [-0.25, -0.2) is 4.39 Å². The average Bonchev–Trinajstić information content (AvgIpc) is 2.66. The molecule has 0 saturated carbocycles. The quantitative estimate of drug-likeness (QED) is 0.800. The number of amides is 1. The normalized spacial score (nSPS) is 14.4. The third-order valence-electron chi connectivity index (χ3n) is 4.67. The lowest BCUT2D eigenvalue weighted by molar-refractivity contribution is 0.0953. The summed E-state index contributed by atoms with van der Waals surface area (Å²) in [6.45, 7) is 2.90. The van der Waals surface area contributed by atoms with Gasteiger partial charge in [-0.05, 0) is 68.0 Å². The van der Waals surface area contributed by atoms with Gasteiger partial charge in [0.25, 0.3) is 5.91 Å². The van der Waals surface area contributed by atoms with E-state index in [1.54, 1.807) is 12.1 Å². The molecule has 0 aliphatic carbocycles. The summed E-state index contributed by atoms with van der Waals surface area (Å²) in [7, 11) is 0. The third kappa shape index (κ3) is 5.05. The first-order chi connectivity index (χ1) is 12.2. The predicted molar refractivity (Wildman–Crippen MR) is 99.6 cm³/mol. The van der Waals surface area contributed by atoms with Gasteiger partial charge in [0, 0.05) is 30.9 Å². The summed E-state index contributed by atoms with van der Waals surface area (Å²) in [4.78, 5) is 14.4. The monoisotopic (exact) mass is 340 g/mol. The van der Waals surface area contributed by atoms with Gasteiger partial charge in [-0.3, -0.25) is 4.79 Å². The Kier molecular flexibility index (Phi) is 6.04. The van der Waals surface area contributed by atoms with E-state index in [2.05, 4.69) is 34.5 Å². The van der Waals surface area contributed by atoms with Gasteiger partial charge in [-0.2, -0.15) is 0 Å². The molecule has 2 aromatic carbocycles. The van der Waals surface area contributed by atoms with E-state index in [1.807, 2.05) is 0 Å². The van der Waals surface area contributed by atoms with Crippen LogP contribution in [0.5, 0.6) is 0 Å². The number of hydrogen-bond donors (Lipinski definition) is 1. The molecule has 1 aliphatic rings. The lowest BCUT2D eigenvalue weighted by atomic mass is 10.1. The van der Waals surface area contributed by atoms with E-state index in [1.165, 1.54) is 42.6 Å². The second-order valence-electron chi connectivity index (χ2n) is 6.58. The van der Waals surface area contributed by atoms with Crippen molar-refractivity contribution in [2.24, 2.45) is 0 Å². The predicted octanol–water partition coefficient (Wildman–Crippen LogP) is 4.18. The Hall–Kier alpha value is -2.36. The van der Waals surface area contributed by atoms with Gasteiger partial charge in [-0.1, -0.05) is 18.2 Å². The van der Waals surface area contributed by atoms with Crippen LogP contribution in [-0.2, 0) is 6.42 Å². The molecular formula is C21H25FN2O. The zero-order valence-electron chi connectivity index (χ0n) is 14.5. The minimum absolute atomic E-state index is 0.222. The van der Waals surface area contributed by atoms with Gasteiger partial charge in [0.05, 0.1) is 0 Å². The first kappa shape index (κ1) is 17.5. The van der Waals surface area contributed by atoms with Crippen LogP contribution in [0.4, 0.5) is 10.1 Å². The van der Waals surface area contributed by atoms with Gasteiger partial charge in [0.15, 0.2) is 0 Å². The van der Waals surface area contributed by atoms with Crippen LogP contribution < -0.4 is 10.2 Å². The highest BCUT2D eigenvalue weighted by Crippen LogP contribution is 2.20. The van der Waals surface area contributed by atoms with Crippen LogP contribution in [0.1, 0.15) is 41.6 Å². The number of rotatable bonds is 6. The SMILES string of the molecule is O=C(NCCCc1ccc(N2CCCCC2)cc1)c1cccc(F)c1. The number of carbonyl (C=O) groups excluding carboxylic acids is 1. The Bertz CT molecular complexity index is 693. The number of halogens is 1. The molecule has 1 aliphatic heterocycles. The molecule has 25 heavy (non-hydrogen) atoms. The molecule has 0 atom stereocenters. The van der Waals surface area contributed by atoms with Crippen molar-refractivity contribution in [3.05, 3.63) is 65.5 Å². The van der Waals surface area contributed by atoms with Crippen molar-refractivity contribution >= 4 is 11.6 Å². The van der Waals surface area contributed by atoms with Crippen LogP contribution in [0.3, 0.4) is 0 Å². The number of nitrogens with zero attached hydrogens (tertiary/aromatic N) is 1. The number of hydrogen-bond acceptors (Lipinski definition) is 2. The highest BCUT2D eigenvalue weighted by molar-refractivity contribution is 5.94. The molecule has 4 heteroatoms. The van der Waals surface area contributed by atoms with Gasteiger partial charge in [-0.15, -0.1) is 0 Å². The fourth-order valence-corrected chi connectivity index (χ4v) is 3.25. The lowest BCUT2D eigenvalue weighted by Gasteiger charge is -2.28. The molecule has 0 unspecified atom stereocenters. The minimum Gasteiger partial charge on any atom is -0.372 e. The molecule has 132 valence electrons. The molecule has 2 aromatic rings. The first-order valence-electron chi connectivity index (χ1n) is 9.10. The standard InChI is InChI=1S/C21H25FN2O/c22-19-8-4-7-18(16-19)21(25)23-13-5-6-17-9-11-20(12-10-17)24-14-2-1-3-15-24/h4,7-12,16H,1-3,5-6,13-15H2,(H,23,25). The largest absolute Gasteiger partial charge is 0.372 e. The van der Waals surface area contributed by atoms with Crippen molar-refractivity contribution in [2.75, 3.05) is 24.5 Å². The molecular weight excluding hydrogens is 315 g/mol. The van der Waals surface area contributed by atoms with E-state index in [0.29, 0.717) is 12.1 Å². The van der Waals surface area contributed by atoms with Crippen molar-refractivity contribution in [2.45, 2.75) is 32.1 Å². The van der Waals surface area contributed by atoms with Crippen LogP contribution in [0.2, 0.25) is 0 Å². The van der Waals surface area contributed by atoms with Gasteiger partial charge < -0.3 is 10.2 Å². The van der Waals surface area contributed by atoms with Crippen molar-refractivity contribution in [1.82, 2.24) is 5.32 Å². The second-order valence-corrected chi connectivity index (χ2v) is 6.58. The van der Waals surface area contributed by atoms with Crippen LogP contribution >= 0.6 is 0 Å². The fourth-order valence-electron chi connectivity index (χ4n) is 3.25. The van der Waals surface area contributed by atoms with Crippen molar-refractivity contribution in [3.63, 3.8) is 0 Å². The summed E-state index contributed by atoms with van der Waals surface area (Å²) < 4.78 is 13.1. The third-order valence-corrected chi connectivity index (χ3v) is 4.67. The summed E-state index contributed by atoms with van der Waals surface area (Å²) in [5.41, 5.74) is 2.95. The van der Waals surface area contributed by atoms with Crippen molar-refractivity contribution < 1.29 is 9.18 Å². The molecule has 1 fully saturated rings. The number of anilines is 1. The Morgan fingerprint density at radius 3 is 2.52 bits per heavy atom. The van der Waals surface area contributed by atoms with E-state index in [9.17, 15) is 9.18 Å². The number of nitrogens with one attached hydrogen (secondary N) is 1. The Morgan fingerprint density at radius 1 is 1.04 bits per heavy atom. The van der Waals surface area contributed by atoms with Crippen LogP contribution in [0.25, 0.3) is 0 Å². The molecule has 1 N–H and O–H groups in total. The van der Waals surface area contributed by atoms with E-state index >= 15 is 0 Å². The number of carbonyl (C=O) groups is 1. The molecule has 0 spiro atoms. The number of aryl methyl sites for hydroxylation is 1. The van der Waals surface area contributed by atoms with Crippen LogP contribution in [0.15, 0.2) is 48.5 Å². The summed E-state index contributed by atoms with van der Waals surface area (Å²) in [6.07, 6.45) is 5.70. The second kappa shape index (κ2) is 8.65. The maximum absolute atomic E-state index is 13.1. The smallest absolute Gasteiger partial charge is 0.251 e. The minimum atomic E-state index is -0.388. The topological polar surface area (TPSA) is 32.3 Å². The van der Waals surface area contributed by atoms with Crippen molar-refractivity contribution in [3.8, 4) is 0 Å². The van der Waals surface area contributed by atoms with E-state index in [-0.39, 0.29) is 11.7 Å². The Morgan fingerprint density at radius 2 is 1.80 bits per heavy atom. The number of piperidine rings is 1. The summed E-state index contributed by atoms with van der Waals surface area (Å²) in [5.74, 6) is -0.610. The maximum atomic E-state index is 13.1. The molecule has 3 nitrogen and oxygen atoms in total. The summed E-state index contributed by atoms with van der Waals surface area (Å²) >= 11 is 0. The van der Waals surface area contributed by atoms with Crippen LogP contribution in [0, 0.1) is 5.82 Å². The highest BCUT2D eigenvalue weighted by atomic mass is 19.1. The lowest BCUT2D eigenvalue weighted by Crippen LogP contribution is -2.29. The first-order valence-corrected chi connectivity index (χ1v) is 9.10. The average molecular weight is 340 g/mol. The zero-order chi connectivity index (χ0) is 17.5. The molecule has 1 amide bonds. The zero-order valence-corrected chi connectivity index (χ0v) is 14.5. The van der Waals surface area contributed by atoms with Gasteiger partial charge >= 0.3 is 0 Å². The molecule has 0 radical (unpaired) electrons. The Labute approximate surface area is 148 Å². The highest BCUT2D eigenvalue weighted by Gasteiger charge is 2.10.